The van der Waals surface area contributed by atoms with E-state index in [0.29, 0.717) is 0 Å². The van der Waals surface area contributed by atoms with Crippen molar-refractivity contribution in [2.24, 2.45) is 0 Å². The summed E-state index contributed by atoms with van der Waals surface area (Å²) in [5, 5.41) is 1.17. The molecule has 0 aromatic rings. The van der Waals surface area contributed by atoms with Crippen LogP contribution in [0.3, 0.4) is 0 Å². The van der Waals surface area contributed by atoms with E-state index in [9.17, 15) is 0 Å². The number of unbranched alkanes of at least 4 members (excludes halogenated alkanes) is 9. The number of allylic oxidation sites excluding steroid dienone is 4. The van der Waals surface area contributed by atoms with Gasteiger partial charge in [-0.15, -0.1) is 0 Å². The Morgan fingerprint density at radius 2 is 1.16 bits per heavy atom. The van der Waals surface area contributed by atoms with Crippen LogP contribution in [0.1, 0.15) is 84.0 Å². The summed E-state index contributed by atoms with van der Waals surface area (Å²) in [7, 11) is 0. The molecular weight excluding hydrogens is 296 g/mol. The first kappa shape index (κ1) is 19.0. The molecule has 0 nitrogen and oxygen atoms in total. The van der Waals surface area contributed by atoms with Crippen molar-refractivity contribution in [2.75, 3.05) is 5.33 Å². The molecule has 0 saturated heterocycles. The zero-order chi connectivity index (χ0) is 14.0. The molecule has 1 heteroatoms. The second-order valence-electron chi connectivity index (χ2n) is 5.27. The molecule has 0 rings (SSSR count). The normalized spacial score (nSPS) is 11.9. The van der Waals surface area contributed by atoms with E-state index in [1.165, 1.54) is 76.0 Å². The van der Waals surface area contributed by atoms with Crippen molar-refractivity contribution in [3.05, 3.63) is 24.3 Å². The largest absolute Gasteiger partial charge is 0.0928 e. The Kier molecular flexibility index (Phi) is 17.9. The van der Waals surface area contributed by atoms with E-state index < -0.39 is 0 Å². The second-order valence-corrected chi connectivity index (χ2v) is 6.07. The Labute approximate surface area is 129 Å². The minimum atomic E-state index is 1.12. The monoisotopic (exact) mass is 328 g/mol. The lowest BCUT2D eigenvalue weighted by molar-refractivity contribution is 0.613. The third kappa shape index (κ3) is 18.0. The van der Waals surface area contributed by atoms with E-state index in [1.807, 2.05) is 0 Å². The SMILES string of the molecule is CCCCC/C=C/C/C=C\CCCCCCCCBr. The van der Waals surface area contributed by atoms with Gasteiger partial charge < -0.3 is 0 Å². The summed E-state index contributed by atoms with van der Waals surface area (Å²) in [6.45, 7) is 2.26. The molecule has 0 fully saturated rings. The number of alkyl halides is 1. The standard InChI is InChI=1S/C18H33Br/c1-2-3-4-5-6-7-8-9-10-11-12-13-14-15-16-17-18-19/h6-7,9-10H,2-5,8,11-18H2,1H3/b7-6+,10-9-. The maximum atomic E-state index is 3.48. The summed E-state index contributed by atoms with van der Waals surface area (Å²) in [6, 6.07) is 0. The molecule has 0 aromatic heterocycles. The molecule has 0 aromatic carbocycles. The number of rotatable bonds is 14. The van der Waals surface area contributed by atoms with Crippen molar-refractivity contribution in [3.63, 3.8) is 0 Å². The molecule has 0 saturated carbocycles. The van der Waals surface area contributed by atoms with Crippen molar-refractivity contribution < 1.29 is 0 Å². The fourth-order valence-corrected chi connectivity index (χ4v) is 2.48. The zero-order valence-corrected chi connectivity index (χ0v) is 14.5. The molecule has 0 aliphatic carbocycles. The molecule has 0 spiro atoms. The lowest BCUT2D eigenvalue weighted by Gasteiger charge is -1.98. The Bertz CT molecular complexity index is 206. The zero-order valence-electron chi connectivity index (χ0n) is 12.9. The molecule has 0 aliphatic rings. The molecule has 0 unspecified atom stereocenters. The Morgan fingerprint density at radius 3 is 1.74 bits per heavy atom. The van der Waals surface area contributed by atoms with Gasteiger partial charge in [0.05, 0.1) is 0 Å². The van der Waals surface area contributed by atoms with E-state index in [1.54, 1.807) is 0 Å². The van der Waals surface area contributed by atoms with Crippen LogP contribution < -0.4 is 0 Å². The van der Waals surface area contributed by atoms with E-state index >= 15 is 0 Å². The highest BCUT2D eigenvalue weighted by Crippen LogP contribution is 2.08. The van der Waals surface area contributed by atoms with Gasteiger partial charge in [-0.1, -0.05) is 85.7 Å². The third-order valence-corrected chi connectivity index (χ3v) is 3.89. The summed E-state index contributed by atoms with van der Waals surface area (Å²) >= 11 is 3.48. The van der Waals surface area contributed by atoms with E-state index in [4.69, 9.17) is 0 Å². The molecule has 0 aliphatic heterocycles. The minimum absolute atomic E-state index is 1.12. The van der Waals surface area contributed by atoms with Crippen LogP contribution in [-0.4, -0.2) is 5.33 Å². The van der Waals surface area contributed by atoms with Crippen LogP contribution >= 0.6 is 15.9 Å². The summed E-state index contributed by atoms with van der Waals surface area (Å²) in [5.74, 6) is 0. The van der Waals surface area contributed by atoms with Crippen molar-refractivity contribution in [2.45, 2.75) is 84.0 Å². The maximum Gasteiger partial charge on any atom is 0.00313 e. The van der Waals surface area contributed by atoms with Gasteiger partial charge in [-0.05, 0) is 38.5 Å². The van der Waals surface area contributed by atoms with Gasteiger partial charge >= 0.3 is 0 Å². The number of halogens is 1. The van der Waals surface area contributed by atoms with E-state index in [-0.39, 0.29) is 0 Å². The average molecular weight is 329 g/mol. The van der Waals surface area contributed by atoms with E-state index in [0.717, 1.165) is 6.42 Å². The first-order chi connectivity index (χ1) is 9.41. The van der Waals surface area contributed by atoms with Crippen LogP contribution in [0.5, 0.6) is 0 Å². The van der Waals surface area contributed by atoms with Crippen LogP contribution in [0.25, 0.3) is 0 Å². The molecule has 0 atom stereocenters. The highest BCUT2D eigenvalue weighted by atomic mass is 79.9. The molecule has 0 N–H and O–H groups in total. The number of hydrogen-bond donors (Lipinski definition) is 0. The van der Waals surface area contributed by atoms with Crippen LogP contribution in [0.15, 0.2) is 24.3 Å². The molecular formula is C18H33Br. The highest BCUT2D eigenvalue weighted by molar-refractivity contribution is 9.09. The fraction of sp³-hybridized carbons (Fsp3) is 0.778. The summed E-state index contributed by atoms with van der Waals surface area (Å²) in [4.78, 5) is 0. The predicted molar refractivity (Wildman–Crippen MR) is 93.2 cm³/mol. The average Bonchev–Trinajstić information content (AvgIpc) is 2.43. The van der Waals surface area contributed by atoms with Crippen LogP contribution in [-0.2, 0) is 0 Å². The van der Waals surface area contributed by atoms with Gasteiger partial charge in [-0.2, -0.15) is 0 Å². The molecule has 0 amide bonds. The van der Waals surface area contributed by atoms with Gasteiger partial charge in [0.2, 0.25) is 0 Å². The molecule has 0 radical (unpaired) electrons. The van der Waals surface area contributed by atoms with Gasteiger partial charge in [0.25, 0.3) is 0 Å². The minimum Gasteiger partial charge on any atom is -0.0928 e. The topological polar surface area (TPSA) is 0 Å². The first-order valence-electron chi connectivity index (χ1n) is 8.27. The van der Waals surface area contributed by atoms with Gasteiger partial charge in [0.1, 0.15) is 0 Å². The molecule has 112 valence electrons. The van der Waals surface area contributed by atoms with Crippen LogP contribution in [0, 0.1) is 0 Å². The van der Waals surface area contributed by atoms with Gasteiger partial charge in [-0.25, -0.2) is 0 Å². The van der Waals surface area contributed by atoms with Crippen molar-refractivity contribution in [3.8, 4) is 0 Å². The van der Waals surface area contributed by atoms with E-state index in [2.05, 4.69) is 47.2 Å². The lowest BCUT2D eigenvalue weighted by Crippen LogP contribution is -1.80. The highest BCUT2D eigenvalue weighted by Gasteiger charge is 1.89. The predicted octanol–water partition coefficient (Wildman–Crippen LogP) is 7.19. The van der Waals surface area contributed by atoms with Crippen LogP contribution in [0.4, 0.5) is 0 Å². The summed E-state index contributed by atoms with van der Waals surface area (Å²) < 4.78 is 0. The molecule has 0 bridgehead atoms. The second kappa shape index (κ2) is 18.0. The Morgan fingerprint density at radius 1 is 0.632 bits per heavy atom. The third-order valence-electron chi connectivity index (χ3n) is 3.33. The van der Waals surface area contributed by atoms with Crippen molar-refractivity contribution in [1.29, 1.82) is 0 Å². The smallest absolute Gasteiger partial charge is 0.00313 e. The van der Waals surface area contributed by atoms with Crippen molar-refractivity contribution >= 4 is 15.9 Å². The molecule has 0 heterocycles. The Hall–Kier alpha value is -0.0400. The van der Waals surface area contributed by atoms with Gasteiger partial charge in [-0.3, -0.25) is 0 Å². The van der Waals surface area contributed by atoms with Crippen molar-refractivity contribution in [1.82, 2.24) is 0 Å². The lowest BCUT2D eigenvalue weighted by atomic mass is 10.1. The van der Waals surface area contributed by atoms with Gasteiger partial charge in [0.15, 0.2) is 0 Å². The number of hydrogen-bond acceptors (Lipinski definition) is 0. The summed E-state index contributed by atoms with van der Waals surface area (Å²) in [5.41, 5.74) is 0. The molecule has 19 heavy (non-hydrogen) atoms. The fourth-order valence-electron chi connectivity index (χ4n) is 2.08. The van der Waals surface area contributed by atoms with Crippen LogP contribution in [0.2, 0.25) is 0 Å². The van der Waals surface area contributed by atoms with Gasteiger partial charge in [0, 0.05) is 5.33 Å². The maximum absolute atomic E-state index is 3.48. The Balaban J connectivity index is 3.12. The summed E-state index contributed by atoms with van der Waals surface area (Å²) in [6.07, 6.45) is 25.3. The quantitative estimate of drug-likeness (QED) is 0.180. The first-order valence-corrected chi connectivity index (χ1v) is 9.40.